The SMILES string of the molecule is Cc1cc(C)c(C(=O)[C@@H](CC=O)c2ccccc2)c(C)c1. The molecule has 108 valence electrons. The Labute approximate surface area is 125 Å². The van der Waals surface area contributed by atoms with E-state index in [1.54, 1.807) is 0 Å². The molecule has 21 heavy (non-hydrogen) atoms. The van der Waals surface area contributed by atoms with Crippen LogP contribution in [0.5, 0.6) is 0 Å². The van der Waals surface area contributed by atoms with Gasteiger partial charge < -0.3 is 4.79 Å². The predicted octanol–water partition coefficient (Wildman–Crippen LogP) is 4.17. The van der Waals surface area contributed by atoms with Crippen LogP contribution in [0.4, 0.5) is 0 Å². The Morgan fingerprint density at radius 3 is 2.14 bits per heavy atom. The van der Waals surface area contributed by atoms with Crippen LogP contribution in [0.15, 0.2) is 42.5 Å². The van der Waals surface area contributed by atoms with E-state index in [2.05, 4.69) is 0 Å². The summed E-state index contributed by atoms with van der Waals surface area (Å²) in [6, 6.07) is 13.6. The van der Waals surface area contributed by atoms with Crippen molar-refractivity contribution in [1.29, 1.82) is 0 Å². The van der Waals surface area contributed by atoms with E-state index in [-0.39, 0.29) is 12.2 Å². The molecule has 0 unspecified atom stereocenters. The highest BCUT2D eigenvalue weighted by Gasteiger charge is 2.24. The molecule has 0 saturated carbocycles. The number of benzene rings is 2. The second-order valence-electron chi connectivity index (χ2n) is 5.50. The Kier molecular flexibility index (Phi) is 4.69. The van der Waals surface area contributed by atoms with Gasteiger partial charge >= 0.3 is 0 Å². The number of aryl methyl sites for hydroxylation is 3. The van der Waals surface area contributed by atoms with Crippen LogP contribution in [0.25, 0.3) is 0 Å². The normalized spacial score (nSPS) is 12.0. The van der Waals surface area contributed by atoms with Crippen molar-refractivity contribution in [3.05, 3.63) is 70.3 Å². The minimum absolute atomic E-state index is 0.0308. The third kappa shape index (κ3) is 3.27. The van der Waals surface area contributed by atoms with Crippen LogP contribution in [0.2, 0.25) is 0 Å². The molecule has 2 heteroatoms. The third-order valence-electron chi connectivity index (χ3n) is 3.77. The van der Waals surface area contributed by atoms with E-state index < -0.39 is 5.92 Å². The molecular formula is C19H20O2. The van der Waals surface area contributed by atoms with Gasteiger partial charge in [0.05, 0.1) is 5.92 Å². The van der Waals surface area contributed by atoms with E-state index in [1.165, 1.54) is 0 Å². The lowest BCUT2D eigenvalue weighted by molar-refractivity contribution is -0.108. The molecule has 0 heterocycles. The number of aldehydes is 1. The standard InChI is InChI=1S/C19H20O2/c1-13-11-14(2)18(15(3)12-13)19(21)17(9-10-20)16-7-5-4-6-8-16/h4-8,10-12,17H,9H2,1-3H3/t17-/m0/s1. The van der Waals surface area contributed by atoms with Gasteiger partial charge in [-0.15, -0.1) is 0 Å². The average Bonchev–Trinajstić information content (AvgIpc) is 2.44. The van der Waals surface area contributed by atoms with Crippen molar-refractivity contribution in [1.82, 2.24) is 0 Å². The second-order valence-corrected chi connectivity index (χ2v) is 5.50. The molecule has 2 rings (SSSR count). The smallest absolute Gasteiger partial charge is 0.171 e. The first-order chi connectivity index (χ1) is 10.0. The molecule has 0 aliphatic heterocycles. The summed E-state index contributed by atoms with van der Waals surface area (Å²) >= 11 is 0. The first-order valence-electron chi connectivity index (χ1n) is 7.15. The van der Waals surface area contributed by atoms with Gasteiger partial charge in [-0.1, -0.05) is 48.0 Å². The lowest BCUT2D eigenvalue weighted by atomic mass is 9.84. The monoisotopic (exact) mass is 280 g/mol. The Hall–Kier alpha value is -2.22. The van der Waals surface area contributed by atoms with Gasteiger partial charge in [0.25, 0.3) is 0 Å². The number of carbonyl (C=O) groups is 2. The molecule has 0 bridgehead atoms. The molecule has 0 fully saturated rings. The van der Waals surface area contributed by atoms with Crippen LogP contribution in [0.3, 0.4) is 0 Å². The quantitative estimate of drug-likeness (QED) is 0.608. The van der Waals surface area contributed by atoms with Crippen molar-refractivity contribution in [3.8, 4) is 0 Å². The topological polar surface area (TPSA) is 34.1 Å². The zero-order chi connectivity index (χ0) is 15.4. The van der Waals surface area contributed by atoms with Crippen molar-refractivity contribution < 1.29 is 9.59 Å². The largest absolute Gasteiger partial charge is 0.303 e. The summed E-state index contributed by atoms with van der Waals surface area (Å²) in [7, 11) is 0. The summed E-state index contributed by atoms with van der Waals surface area (Å²) in [5.41, 5.74) is 4.74. The maximum Gasteiger partial charge on any atom is 0.171 e. The highest BCUT2D eigenvalue weighted by Crippen LogP contribution is 2.27. The minimum atomic E-state index is -0.399. The molecule has 0 aliphatic rings. The molecule has 0 radical (unpaired) electrons. The molecule has 0 spiro atoms. The number of ketones is 1. The molecule has 0 N–H and O–H groups in total. The van der Waals surface area contributed by atoms with Crippen molar-refractivity contribution in [2.75, 3.05) is 0 Å². The summed E-state index contributed by atoms with van der Waals surface area (Å²) in [4.78, 5) is 23.9. The van der Waals surface area contributed by atoms with Gasteiger partial charge in [0.1, 0.15) is 6.29 Å². The Bertz CT molecular complexity index is 634. The number of Topliss-reactive ketones (excluding diaryl/α,β-unsaturated/α-hetero) is 1. The molecule has 2 aromatic carbocycles. The van der Waals surface area contributed by atoms with E-state index in [9.17, 15) is 9.59 Å². The molecule has 0 saturated heterocycles. The summed E-state index contributed by atoms with van der Waals surface area (Å²) < 4.78 is 0. The molecule has 2 aromatic rings. The van der Waals surface area contributed by atoms with Crippen LogP contribution < -0.4 is 0 Å². The van der Waals surface area contributed by atoms with E-state index in [4.69, 9.17) is 0 Å². The third-order valence-corrected chi connectivity index (χ3v) is 3.77. The van der Waals surface area contributed by atoms with Gasteiger partial charge in [0.2, 0.25) is 0 Å². The zero-order valence-electron chi connectivity index (χ0n) is 12.7. The Morgan fingerprint density at radius 2 is 1.62 bits per heavy atom. The number of carbonyl (C=O) groups excluding carboxylic acids is 2. The van der Waals surface area contributed by atoms with Crippen LogP contribution in [0, 0.1) is 20.8 Å². The van der Waals surface area contributed by atoms with Crippen LogP contribution in [0.1, 0.15) is 45.0 Å². The van der Waals surface area contributed by atoms with Gasteiger partial charge in [-0.05, 0) is 37.5 Å². The highest BCUT2D eigenvalue weighted by atomic mass is 16.1. The van der Waals surface area contributed by atoms with Gasteiger partial charge in [0, 0.05) is 12.0 Å². The van der Waals surface area contributed by atoms with Crippen molar-refractivity contribution in [3.63, 3.8) is 0 Å². The van der Waals surface area contributed by atoms with E-state index in [0.29, 0.717) is 0 Å². The summed E-state index contributed by atoms with van der Waals surface area (Å²) in [6.45, 7) is 5.93. The molecular weight excluding hydrogens is 260 g/mol. The second kappa shape index (κ2) is 6.49. The first-order valence-corrected chi connectivity index (χ1v) is 7.15. The molecule has 0 aliphatic carbocycles. The van der Waals surface area contributed by atoms with E-state index >= 15 is 0 Å². The summed E-state index contributed by atoms with van der Waals surface area (Å²) in [5, 5.41) is 0. The summed E-state index contributed by atoms with van der Waals surface area (Å²) in [6.07, 6.45) is 1.05. The zero-order valence-corrected chi connectivity index (χ0v) is 12.7. The lowest BCUT2D eigenvalue weighted by Gasteiger charge is -2.17. The molecule has 1 atom stereocenters. The van der Waals surface area contributed by atoms with E-state index in [1.807, 2.05) is 63.2 Å². The van der Waals surface area contributed by atoms with Crippen LogP contribution in [-0.2, 0) is 4.79 Å². The van der Waals surface area contributed by atoms with Gasteiger partial charge in [0.15, 0.2) is 5.78 Å². The van der Waals surface area contributed by atoms with Gasteiger partial charge in [-0.2, -0.15) is 0 Å². The lowest BCUT2D eigenvalue weighted by Crippen LogP contribution is -2.16. The summed E-state index contributed by atoms with van der Waals surface area (Å²) in [5.74, 6) is -0.368. The van der Waals surface area contributed by atoms with Gasteiger partial charge in [-0.3, -0.25) is 4.79 Å². The minimum Gasteiger partial charge on any atom is -0.303 e. The fraction of sp³-hybridized carbons (Fsp3) is 0.263. The fourth-order valence-electron chi connectivity index (χ4n) is 2.92. The molecule has 0 aromatic heterocycles. The Balaban J connectivity index is 2.47. The first kappa shape index (κ1) is 15.2. The van der Waals surface area contributed by atoms with E-state index in [0.717, 1.165) is 34.1 Å². The number of rotatable bonds is 5. The van der Waals surface area contributed by atoms with Crippen molar-refractivity contribution >= 4 is 12.1 Å². The number of hydrogen-bond acceptors (Lipinski definition) is 2. The highest BCUT2D eigenvalue weighted by molar-refractivity contribution is 6.04. The fourth-order valence-corrected chi connectivity index (χ4v) is 2.92. The van der Waals surface area contributed by atoms with Crippen LogP contribution >= 0.6 is 0 Å². The predicted molar refractivity (Wildman–Crippen MR) is 84.8 cm³/mol. The van der Waals surface area contributed by atoms with Crippen LogP contribution in [-0.4, -0.2) is 12.1 Å². The van der Waals surface area contributed by atoms with Crippen molar-refractivity contribution in [2.24, 2.45) is 0 Å². The maximum atomic E-state index is 12.9. The van der Waals surface area contributed by atoms with Gasteiger partial charge in [-0.25, -0.2) is 0 Å². The maximum absolute atomic E-state index is 12.9. The molecule has 0 amide bonds. The van der Waals surface area contributed by atoms with Crippen molar-refractivity contribution in [2.45, 2.75) is 33.1 Å². The Morgan fingerprint density at radius 1 is 1.05 bits per heavy atom. The molecule has 2 nitrogen and oxygen atoms in total. The number of hydrogen-bond donors (Lipinski definition) is 0. The average molecular weight is 280 g/mol.